The zero-order valence-corrected chi connectivity index (χ0v) is 13.5. The van der Waals surface area contributed by atoms with Crippen LogP contribution in [0.1, 0.15) is 29.2 Å². The summed E-state index contributed by atoms with van der Waals surface area (Å²) in [7, 11) is 0. The van der Waals surface area contributed by atoms with E-state index in [2.05, 4.69) is 62.3 Å². The molecule has 2 nitrogen and oxygen atoms in total. The van der Waals surface area contributed by atoms with Crippen molar-refractivity contribution in [3.63, 3.8) is 0 Å². The summed E-state index contributed by atoms with van der Waals surface area (Å²) in [6, 6.07) is 8.78. The molecule has 2 rings (SSSR count). The Bertz CT molecular complexity index is 594. The van der Waals surface area contributed by atoms with Gasteiger partial charge >= 0.3 is 0 Å². The Morgan fingerprint density at radius 1 is 1.10 bits per heavy atom. The molecule has 0 unspecified atom stereocenters. The minimum absolute atomic E-state index is 0.888. The molecule has 0 aliphatic heterocycles. The summed E-state index contributed by atoms with van der Waals surface area (Å²) in [5.41, 5.74) is 5.08. The van der Waals surface area contributed by atoms with Crippen molar-refractivity contribution in [1.29, 1.82) is 0 Å². The highest BCUT2D eigenvalue weighted by atomic mass is 32.2. The van der Waals surface area contributed by atoms with Crippen molar-refractivity contribution in [2.75, 3.05) is 6.54 Å². The third-order valence-corrected chi connectivity index (χ3v) is 4.50. The summed E-state index contributed by atoms with van der Waals surface area (Å²) in [6.07, 6.45) is 1.98. The molecule has 1 N–H and O–H groups in total. The van der Waals surface area contributed by atoms with Crippen molar-refractivity contribution in [2.24, 2.45) is 0 Å². The molecule has 0 bridgehead atoms. The molecule has 20 heavy (non-hydrogen) atoms. The maximum atomic E-state index is 4.62. The molecule has 2 aromatic rings. The summed E-state index contributed by atoms with van der Waals surface area (Å²) in [4.78, 5) is 5.91. The molecule has 0 saturated heterocycles. The minimum Gasteiger partial charge on any atom is -0.313 e. The highest BCUT2D eigenvalue weighted by Gasteiger charge is 2.06. The van der Waals surface area contributed by atoms with Gasteiger partial charge in [-0.3, -0.25) is 0 Å². The third-order valence-electron chi connectivity index (χ3n) is 3.22. The number of nitrogens with zero attached hydrogens (tertiary/aromatic N) is 1. The van der Waals surface area contributed by atoms with Crippen LogP contribution < -0.4 is 5.32 Å². The number of benzene rings is 1. The van der Waals surface area contributed by atoms with Crippen LogP contribution in [0.3, 0.4) is 0 Å². The fourth-order valence-corrected chi connectivity index (χ4v) is 3.02. The molecule has 0 radical (unpaired) electrons. The van der Waals surface area contributed by atoms with Crippen molar-refractivity contribution in [3.8, 4) is 0 Å². The summed E-state index contributed by atoms with van der Waals surface area (Å²) in [6.45, 7) is 10.4. The quantitative estimate of drug-likeness (QED) is 0.888. The standard InChI is InChI=1S/C17H22N2S/c1-5-18-10-15-9-14(4)17(19-11-15)20-16-8-12(2)6-7-13(16)3/h6-9,11,18H,5,10H2,1-4H3. The molecular weight excluding hydrogens is 264 g/mol. The van der Waals surface area contributed by atoms with E-state index in [0.29, 0.717) is 0 Å². The van der Waals surface area contributed by atoms with Crippen LogP contribution in [0, 0.1) is 20.8 Å². The second-order valence-corrected chi connectivity index (χ2v) is 6.15. The van der Waals surface area contributed by atoms with E-state index in [-0.39, 0.29) is 0 Å². The van der Waals surface area contributed by atoms with Gasteiger partial charge in [0.15, 0.2) is 0 Å². The number of aromatic nitrogens is 1. The van der Waals surface area contributed by atoms with Crippen molar-refractivity contribution in [3.05, 3.63) is 52.7 Å². The molecule has 1 heterocycles. The lowest BCUT2D eigenvalue weighted by molar-refractivity contribution is 0.721. The Morgan fingerprint density at radius 2 is 1.90 bits per heavy atom. The fourth-order valence-electron chi connectivity index (χ4n) is 2.01. The zero-order valence-electron chi connectivity index (χ0n) is 12.7. The molecule has 0 atom stereocenters. The molecule has 1 aromatic carbocycles. The number of aryl methyl sites for hydroxylation is 3. The van der Waals surface area contributed by atoms with Gasteiger partial charge in [0.05, 0.1) is 0 Å². The van der Waals surface area contributed by atoms with Gasteiger partial charge in [0.1, 0.15) is 5.03 Å². The Hall–Kier alpha value is -1.32. The topological polar surface area (TPSA) is 24.9 Å². The van der Waals surface area contributed by atoms with Gasteiger partial charge in [-0.05, 0) is 55.6 Å². The van der Waals surface area contributed by atoms with E-state index >= 15 is 0 Å². The Balaban J connectivity index is 2.19. The summed E-state index contributed by atoms with van der Waals surface area (Å²) < 4.78 is 0. The zero-order chi connectivity index (χ0) is 14.5. The average molecular weight is 286 g/mol. The molecule has 1 aromatic heterocycles. The Morgan fingerprint density at radius 3 is 2.60 bits per heavy atom. The van der Waals surface area contributed by atoms with Crippen LogP contribution in [0.2, 0.25) is 0 Å². The van der Waals surface area contributed by atoms with Gasteiger partial charge in [0, 0.05) is 17.6 Å². The molecule has 0 spiro atoms. The van der Waals surface area contributed by atoms with Crippen LogP contribution in [0.5, 0.6) is 0 Å². The lowest BCUT2D eigenvalue weighted by Crippen LogP contribution is -2.12. The summed E-state index contributed by atoms with van der Waals surface area (Å²) in [5, 5.41) is 4.43. The highest BCUT2D eigenvalue weighted by molar-refractivity contribution is 7.99. The monoisotopic (exact) mass is 286 g/mol. The van der Waals surface area contributed by atoms with Crippen molar-refractivity contribution >= 4 is 11.8 Å². The first-order valence-electron chi connectivity index (χ1n) is 7.01. The first-order chi connectivity index (χ1) is 9.60. The molecule has 3 heteroatoms. The molecule has 0 saturated carbocycles. The van der Waals surface area contributed by atoms with Crippen molar-refractivity contribution in [2.45, 2.75) is 44.2 Å². The Labute approximate surface area is 126 Å². The fraction of sp³-hybridized carbons (Fsp3) is 0.353. The SMILES string of the molecule is CCNCc1cnc(Sc2cc(C)ccc2C)c(C)c1. The Kier molecular flexibility index (Phi) is 5.21. The van der Waals surface area contributed by atoms with E-state index in [1.54, 1.807) is 11.8 Å². The largest absolute Gasteiger partial charge is 0.313 e. The van der Waals surface area contributed by atoms with Crippen LogP contribution in [-0.4, -0.2) is 11.5 Å². The van der Waals surface area contributed by atoms with Gasteiger partial charge in [-0.25, -0.2) is 4.98 Å². The smallest absolute Gasteiger partial charge is 0.104 e. The predicted molar refractivity (Wildman–Crippen MR) is 86.4 cm³/mol. The summed E-state index contributed by atoms with van der Waals surface area (Å²) in [5.74, 6) is 0. The van der Waals surface area contributed by atoms with Crippen molar-refractivity contribution in [1.82, 2.24) is 10.3 Å². The number of rotatable bonds is 5. The lowest BCUT2D eigenvalue weighted by Gasteiger charge is -2.10. The van der Waals surface area contributed by atoms with Gasteiger partial charge < -0.3 is 5.32 Å². The van der Waals surface area contributed by atoms with E-state index in [0.717, 1.165) is 18.1 Å². The lowest BCUT2D eigenvalue weighted by atomic mass is 10.2. The second-order valence-electron chi connectivity index (χ2n) is 5.12. The first-order valence-corrected chi connectivity index (χ1v) is 7.83. The number of nitrogens with one attached hydrogen (secondary N) is 1. The van der Waals surface area contributed by atoms with Crippen LogP contribution in [0.4, 0.5) is 0 Å². The van der Waals surface area contributed by atoms with E-state index in [1.807, 2.05) is 6.20 Å². The average Bonchev–Trinajstić information content (AvgIpc) is 2.43. The maximum Gasteiger partial charge on any atom is 0.104 e. The van der Waals surface area contributed by atoms with Crippen LogP contribution in [0.15, 0.2) is 40.4 Å². The maximum absolute atomic E-state index is 4.62. The molecule has 0 aliphatic rings. The molecular formula is C17H22N2S. The molecule has 0 aliphatic carbocycles. The van der Waals surface area contributed by atoms with Gasteiger partial charge in [0.25, 0.3) is 0 Å². The van der Waals surface area contributed by atoms with E-state index in [9.17, 15) is 0 Å². The van der Waals surface area contributed by atoms with Crippen LogP contribution in [0.25, 0.3) is 0 Å². The van der Waals surface area contributed by atoms with Crippen molar-refractivity contribution < 1.29 is 0 Å². The molecule has 0 amide bonds. The highest BCUT2D eigenvalue weighted by Crippen LogP contribution is 2.31. The van der Waals surface area contributed by atoms with E-state index in [1.165, 1.54) is 27.1 Å². The number of hydrogen-bond donors (Lipinski definition) is 1. The number of hydrogen-bond acceptors (Lipinski definition) is 3. The second kappa shape index (κ2) is 6.91. The molecule has 106 valence electrons. The number of pyridine rings is 1. The predicted octanol–water partition coefficient (Wildman–Crippen LogP) is 4.27. The van der Waals surface area contributed by atoms with Gasteiger partial charge in [-0.15, -0.1) is 0 Å². The van der Waals surface area contributed by atoms with E-state index in [4.69, 9.17) is 0 Å². The van der Waals surface area contributed by atoms with Gasteiger partial charge in [-0.1, -0.05) is 36.9 Å². The third kappa shape index (κ3) is 3.84. The van der Waals surface area contributed by atoms with Gasteiger partial charge in [0.2, 0.25) is 0 Å². The normalized spacial score (nSPS) is 10.8. The first kappa shape index (κ1) is 15.1. The molecule has 0 fully saturated rings. The summed E-state index contributed by atoms with van der Waals surface area (Å²) >= 11 is 1.76. The van der Waals surface area contributed by atoms with Gasteiger partial charge in [-0.2, -0.15) is 0 Å². The van der Waals surface area contributed by atoms with Crippen LogP contribution in [-0.2, 0) is 6.54 Å². The van der Waals surface area contributed by atoms with E-state index < -0.39 is 0 Å². The van der Waals surface area contributed by atoms with Crippen LogP contribution >= 0.6 is 11.8 Å². The minimum atomic E-state index is 0.888.